The van der Waals surface area contributed by atoms with Crippen molar-refractivity contribution in [3.63, 3.8) is 0 Å². The van der Waals surface area contributed by atoms with Crippen molar-refractivity contribution in [2.24, 2.45) is 0 Å². The molecule has 1 unspecified atom stereocenters. The number of carbonyl (C=O) groups excluding carboxylic acids is 1. The van der Waals surface area contributed by atoms with Gasteiger partial charge in [0.15, 0.2) is 5.78 Å². The summed E-state index contributed by atoms with van der Waals surface area (Å²) in [6.45, 7) is 0. The van der Waals surface area contributed by atoms with Gasteiger partial charge in [0.2, 0.25) is 0 Å². The van der Waals surface area contributed by atoms with Gasteiger partial charge in [0, 0.05) is 12.0 Å². The van der Waals surface area contributed by atoms with Crippen molar-refractivity contribution in [1.29, 1.82) is 0 Å². The summed E-state index contributed by atoms with van der Waals surface area (Å²) >= 11 is 0. The molecule has 0 spiro atoms. The van der Waals surface area contributed by atoms with Crippen LogP contribution in [0.3, 0.4) is 0 Å². The number of carbonyl (C=O) groups is 1. The van der Waals surface area contributed by atoms with E-state index in [1.165, 1.54) is 0 Å². The maximum atomic E-state index is 12.5. The minimum atomic E-state index is -4.21. The van der Waals surface area contributed by atoms with E-state index in [2.05, 4.69) is 0 Å². The van der Waals surface area contributed by atoms with Gasteiger partial charge in [0.25, 0.3) is 10.1 Å². The average Bonchev–Trinajstić information content (AvgIpc) is 2.53. The third-order valence-corrected chi connectivity index (χ3v) is 5.75. The minimum absolute atomic E-state index is 0.169. The summed E-state index contributed by atoms with van der Waals surface area (Å²) in [6, 6.07) is 15.6. The molecular weight excluding hydrogens is 312 g/mol. The zero-order valence-corrected chi connectivity index (χ0v) is 13.0. The zero-order chi connectivity index (χ0) is 16.2. The van der Waals surface area contributed by atoms with Gasteiger partial charge in [-0.1, -0.05) is 48.5 Å². The monoisotopic (exact) mass is 326 g/mol. The van der Waals surface area contributed by atoms with Crippen molar-refractivity contribution in [2.45, 2.75) is 18.1 Å². The van der Waals surface area contributed by atoms with Crippen molar-refractivity contribution < 1.29 is 17.8 Å². The van der Waals surface area contributed by atoms with Gasteiger partial charge in [-0.3, -0.25) is 9.35 Å². The third kappa shape index (κ3) is 2.24. The Morgan fingerprint density at radius 3 is 2.39 bits per heavy atom. The second-order valence-corrected chi connectivity index (χ2v) is 7.65. The van der Waals surface area contributed by atoms with E-state index in [1.807, 2.05) is 42.5 Å². The lowest BCUT2D eigenvalue weighted by molar-refractivity contribution is 0.0974. The van der Waals surface area contributed by atoms with Gasteiger partial charge in [-0.15, -0.1) is 0 Å². The van der Waals surface area contributed by atoms with Crippen LogP contribution in [0, 0.1) is 0 Å². The van der Waals surface area contributed by atoms with E-state index in [0.717, 1.165) is 21.5 Å². The highest BCUT2D eigenvalue weighted by atomic mass is 32.2. The lowest BCUT2D eigenvalue weighted by atomic mass is 9.85. The van der Waals surface area contributed by atoms with E-state index in [9.17, 15) is 17.8 Å². The van der Waals surface area contributed by atoms with Crippen molar-refractivity contribution in [1.82, 2.24) is 0 Å². The van der Waals surface area contributed by atoms with Crippen molar-refractivity contribution in [3.8, 4) is 0 Å². The fraction of sp³-hybridized carbons (Fsp3) is 0.167. The van der Waals surface area contributed by atoms with Crippen LogP contribution in [0.25, 0.3) is 21.5 Å². The van der Waals surface area contributed by atoms with Crippen LogP contribution in [0.2, 0.25) is 0 Å². The molecule has 116 valence electrons. The molecule has 0 saturated carbocycles. The molecule has 1 atom stereocenters. The summed E-state index contributed by atoms with van der Waals surface area (Å²) in [4.78, 5) is 12.5. The quantitative estimate of drug-likeness (QED) is 0.550. The van der Waals surface area contributed by atoms with Gasteiger partial charge in [-0.05, 0) is 33.5 Å². The fourth-order valence-corrected chi connectivity index (χ4v) is 4.22. The molecule has 3 aromatic rings. The molecule has 23 heavy (non-hydrogen) atoms. The number of rotatable bonds is 1. The Bertz CT molecular complexity index is 1070. The highest BCUT2D eigenvalue weighted by molar-refractivity contribution is 7.86. The third-order valence-electron chi connectivity index (χ3n) is 4.57. The molecule has 0 radical (unpaired) electrons. The number of Topliss-reactive ketones (excluding diaryl/α,β-unsaturated/α-hetero) is 1. The highest BCUT2D eigenvalue weighted by Crippen LogP contribution is 2.34. The van der Waals surface area contributed by atoms with E-state index >= 15 is 0 Å². The van der Waals surface area contributed by atoms with Crippen molar-refractivity contribution >= 4 is 37.4 Å². The molecule has 1 aliphatic carbocycles. The second kappa shape index (κ2) is 4.88. The normalized spacial score (nSPS) is 18.3. The Morgan fingerprint density at radius 1 is 0.870 bits per heavy atom. The summed E-state index contributed by atoms with van der Waals surface area (Å²) in [6.07, 6.45) is 0.000443. The van der Waals surface area contributed by atoms with E-state index in [0.29, 0.717) is 11.1 Å². The molecule has 0 saturated heterocycles. The summed E-state index contributed by atoms with van der Waals surface area (Å²) in [5, 5.41) is 2.96. The van der Waals surface area contributed by atoms with E-state index in [1.54, 1.807) is 6.07 Å². The Hall–Kier alpha value is -2.24. The van der Waals surface area contributed by atoms with Gasteiger partial charge in [-0.2, -0.15) is 8.42 Å². The molecule has 4 nitrogen and oxygen atoms in total. The average molecular weight is 326 g/mol. The molecule has 0 heterocycles. The molecule has 1 aliphatic rings. The smallest absolute Gasteiger partial charge is 0.268 e. The first-order chi connectivity index (χ1) is 10.9. The highest BCUT2D eigenvalue weighted by Gasteiger charge is 2.33. The SMILES string of the molecule is O=C1CC(S(=O)(=O)O)Cc2ccc3c(ccc4ccccc43)c21. The number of ketones is 1. The summed E-state index contributed by atoms with van der Waals surface area (Å²) in [5.74, 6) is -0.227. The van der Waals surface area contributed by atoms with E-state index in [4.69, 9.17) is 0 Å². The lowest BCUT2D eigenvalue weighted by Gasteiger charge is -2.23. The summed E-state index contributed by atoms with van der Waals surface area (Å²) in [5.41, 5.74) is 1.28. The van der Waals surface area contributed by atoms with Crippen LogP contribution in [0.15, 0.2) is 48.5 Å². The number of benzene rings is 3. The molecule has 3 aromatic carbocycles. The molecule has 0 bridgehead atoms. The van der Waals surface area contributed by atoms with Crippen LogP contribution < -0.4 is 0 Å². The first-order valence-corrected chi connectivity index (χ1v) is 8.88. The topological polar surface area (TPSA) is 71.4 Å². The second-order valence-electron chi connectivity index (χ2n) is 5.95. The van der Waals surface area contributed by atoms with Crippen molar-refractivity contribution in [3.05, 3.63) is 59.7 Å². The Balaban J connectivity index is 2.00. The molecule has 0 aromatic heterocycles. The number of hydrogen-bond acceptors (Lipinski definition) is 3. The predicted molar refractivity (Wildman–Crippen MR) is 89.4 cm³/mol. The molecule has 5 heteroatoms. The fourth-order valence-electron chi connectivity index (χ4n) is 3.47. The molecule has 0 amide bonds. The van der Waals surface area contributed by atoms with Crippen molar-refractivity contribution in [2.75, 3.05) is 0 Å². The zero-order valence-electron chi connectivity index (χ0n) is 12.2. The first kappa shape index (κ1) is 14.4. The molecule has 0 aliphatic heterocycles. The van der Waals surface area contributed by atoms with Crippen LogP contribution in [0.1, 0.15) is 22.3 Å². The molecular formula is C18H14O4S. The molecule has 0 fully saturated rings. The molecule has 1 N–H and O–H groups in total. The largest absolute Gasteiger partial charge is 0.294 e. The maximum Gasteiger partial charge on any atom is 0.268 e. The summed E-state index contributed by atoms with van der Waals surface area (Å²) < 4.78 is 32.0. The van der Waals surface area contributed by atoms with Crippen LogP contribution in [0.5, 0.6) is 0 Å². The van der Waals surface area contributed by atoms with Gasteiger partial charge in [-0.25, -0.2) is 0 Å². The van der Waals surface area contributed by atoms with Gasteiger partial charge < -0.3 is 0 Å². The molecule has 4 rings (SSSR count). The predicted octanol–water partition coefficient (Wildman–Crippen LogP) is 3.38. The van der Waals surface area contributed by atoms with Gasteiger partial charge in [0.1, 0.15) is 0 Å². The van der Waals surface area contributed by atoms with Gasteiger partial charge in [0.05, 0.1) is 5.25 Å². The van der Waals surface area contributed by atoms with E-state index in [-0.39, 0.29) is 18.6 Å². The first-order valence-electron chi connectivity index (χ1n) is 7.38. The number of hydrogen-bond donors (Lipinski definition) is 1. The number of fused-ring (bicyclic) bond motifs is 5. The standard InChI is InChI=1S/C18H14O4S/c19-17-10-13(23(20,21)22)9-12-6-7-15-14-4-2-1-3-11(14)5-8-16(15)18(12)17/h1-8,13H,9-10H2,(H,20,21,22). The Morgan fingerprint density at radius 2 is 1.61 bits per heavy atom. The Labute approximate surface area is 133 Å². The van der Waals surface area contributed by atoms with Gasteiger partial charge >= 0.3 is 0 Å². The van der Waals surface area contributed by atoms with Crippen LogP contribution in [-0.4, -0.2) is 24.0 Å². The van der Waals surface area contributed by atoms with Crippen LogP contribution >= 0.6 is 0 Å². The lowest BCUT2D eigenvalue weighted by Crippen LogP contribution is -2.31. The van der Waals surface area contributed by atoms with E-state index < -0.39 is 15.4 Å². The maximum absolute atomic E-state index is 12.5. The van der Waals surface area contributed by atoms with Crippen LogP contribution in [0.4, 0.5) is 0 Å². The summed E-state index contributed by atoms with van der Waals surface area (Å²) in [7, 11) is -4.21. The Kier molecular flexibility index (Phi) is 3.04. The van der Waals surface area contributed by atoms with Crippen LogP contribution in [-0.2, 0) is 16.5 Å². The minimum Gasteiger partial charge on any atom is -0.294 e.